The second-order valence-electron chi connectivity index (χ2n) is 4.02. The van der Waals surface area contributed by atoms with Crippen molar-refractivity contribution in [2.24, 2.45) is 0 Å². The lowest BCUT2D eigenvalue weighted by atomic mass is 10.2. The zero-order chi connectivity index (χ0) is 14.0. The van der Waals surface area contributed by atoms with E-state index < -0.39 is 18.2 Å². The lowest BCUT2D eigenvalue weighted by Gasteiger charge is -2.05. The summed E-state index contributed by atoms with van der Waals surface area (Å²) < 4.78 is 51.2. The van der Waals surface area contributed by atoms with Crippen molar-refractivity contribution in [3.05, 3.63) is 47.3 Å². The van der Waals surface area contributed by atoms with Gasteiger partial charge in [0.25, 0.3) is 0 Å². The van der Waals surface area contributed by atoms with Crippen LogP contribution in [-0.4, -0.2) is 9.78 Å². The van der Waals surface area contributed by atoms with E-state index in [1.165, 1.54) is 12.1 Å². The molecule has 0 unspecified atom stereocenters. The van der Waals surface area contributed by atoms with Crippen LogP contribution in [0.25, 0.3) is 0 Å². The third kappa shape index (κ3) is 3.24. The van der Waals surface area contributed by atoms with Gasteiger partial charge in [-0.1, -0.05) is 0 Å². The minimum absolute atomic E-state index is 0.116. The fraction of sp³-hybridized carbons (Fsp3) is 0.250. The molecule has 2 rings (SSSR count). The first kappa shape index (κ1) is 13.4. The zero-order valence-electron chi connectivity index (χ0n) is 10.0. The lowest BCUT2D eigenvalue weighted by Crippen LogP contribution is -2.01. The molecule has 1 aromatic carbocycles. The van der Waals surface area contributed by atoms with Crippen LogP contribution in [0.4, 0.5) is 23.2 Å². The van der Waals surface area contributed by atoms with Crippen LogP contribution in [0.1, 0.15) is 17.8 Å². The molecule has 1 N–H and O–H groups in total. The van der Waals surface area contributed by atoms with Crippen LogP contribution in [0.5, 0.6) is 0 Å². The van der Waals surface area contributed by atoms with Crippen molar-refractivity contribution in [1.82, 2.24) is 9.78 Å². The number of hydrogen-bond donors (Lipinski definition) is 1. The number of hydrogen-bond acceptors (Lipinski definition) is 2. The molecule has 0 saturated carbocycles. The molecule has 0 aliphatic rings. The molecule has 0 amide bonds. The average molecular weight is 273 g/mol. The Labute approximate surface area is 106 Å². The van der Waals surface area contributed by atoms with Gasteiger partial charge in [0, 0.05) is 12.6 Å². The van der Waals surface area contributed by atoms with Crippen LogP contribution >= 0.6 is 0 Å². The van der Waals surface area contributed by atoms with E-state index in [1.807, 2.05) is 0 Å². The van der Waals surface area contributed by atoms with Crippen molar-refractivity contribution < 1.29 is 17.6 Å². The molecule has 19 heavy (non-hydrogen) atoms. The summed E-state index contributed by atoms with van der Waals surface area (Å²) in [5, 5.41) is 6.42. The van der Waals surface area contributed by atoms with E-state index in [2.05, 4.69) is 10.4 Å². The second-order valence-corrected chi connectivity index (χ2v) is 4.02. The molecule has 0 fully saturated rings. The molecule has 1 heterocycles. The third-order valence-electron chi connectivity index (χ3n) is 2.52. The minimum atomic E-state index is -2.72. The Kier molecular flexibility index (Phi) is 3.73. The van der Waals surface area contributed by atoms with Crippen LogP contribution in [-0.2, 0) is 6.54 Å². The normalized spacial score (nSPS) is 11.1. The van der Waals surface area contributed by atoms with Gasteiger partial charge in [-0.15, -0.1) is 0 Å². The number of benzene rings is 1. The summed E-state index contributed by atoms with van der Waals surface area (Å²) in [6.07, 6.45) is 1.15. The summed E-state index contributed by atoms with van der Waals surface area (Å²) in [5.41, 5.74) is 1.16. The molecule has 0 aliphatic heterocycles. The molecule has 3 nitrogen and oxygen atoms in total. The van der Waals surface area contributed by atoms with Gasteiger partial charge in [-0.25, -0.2) is 13.5 Å². The summed E-state index contributed by atoms with van der Waals surface area (Å²) in [6, 6.07) is 3.11. The Morgan fingerprint density at radius 3 is 2.37 bits per heavy atom. The number of halogens is 4. The molecule has 0 aliphatic carbocycles. The van der Waals surface area contributed by atoms with Gasteiger partial charge in [0.05, 0.1) is 17.6 Å². The summed E-state index contributed by atoms with van der Waals surface area (Å²) in [6.45, 7) is -1.04. The molecule has 0 spiro atoms. The van der Waals surface area contributed by atoms with Crippen molar-refractivity contribution in [1.29, 1.82) is 0 Å². The molecule has 0 atom stereocenters. The second kappa shape index (κ2) is 5.29. The third-order valence-corrected chi connectivity index (χ3v) is 2.52. The SMILES string of the molecule is Cc1nn(C(F)F)cc1NCc1cc(F)cc(F)c1. The van der Waals surface area contributed by atoms with E-state index in [0.29, 0.717) is 21.6 Å². The minimum Gasteiger partial charge on any atom is -0.378 e. The topological polar surface area (TPSA) is 29.9 Å². The van der Waals surface area contributed by atoms with Gasteiger partial charge in [0.2, 0.25) is 0 Å². The fourth-order valence-corrected chi connectivity index (χ4v) is 1.67. The molecule has 0 radical (unpaired) electrons. The van der Waals surface area contributed by atoms with Crippen molar-refractivity contribution in [2.45, 2.75) is 20.0 Å². The largest absolute Gasteiger partial charge is 0.378 e. The van der Waals surface area contributed by atoms with E-state index >= 15 is 0 Å². The van der Waals surface area contributed by atoms with E-state index in [-0.39, 0.29) is 6.54 Å². The first-order valence-electron chi connectivity index (χ1n) is 5.48. The quantitative estimate of drug-likeness (QED) is 0.864. The van der Waals surface area contributed by atoms with Gasteiger partial charge >= 0.3 is 6.55 Å². The van der Waals surface area contributed by atoms with Crippen LogP contribution < -0.4 is 5.32 Å². The van der Waals surface area contributed by atoms with Crippen molar-refractivity contribution in [2.75, 3.05) is 5.32 Å². The highest BCUT2D eigenvalue weighted by Crippen LogP contribution is 2.18. The standard InChI is InChI=1S/C12H11F4N3/c1-7-11(6-19(18-7)12(15)16)17-5-8-2-9(13)4-10(14)3-8/h2-4,6,12,17H,5H2,1H3. The zero-order valence-corrected chi connectivity index (χ0v) is 10.0. The summed E-state index contributed by atoms with van der Waals surface area (Å²) in [5.74, 6) is -1.37. The molecule has 0 bridgehead atoms. The predicted molar refractivity (Wildman–Crippen MR) is 61.9 cm³/mol. The smallest absolute Gasteiger partial charge is 0.333 e. The van der Waals surface area contributed by atoms with Crippen LogP contribution in [0.15, 0.2) is 24.4 Å². The van der Waals surface area contributed by atoms with Crippen molar-refractivity contribution in [3.8, 4) is 0 Å². The molecule has 2 aromatic rings. The number of anilines is 1. The maximum Gasteiger partial charge on any atom is 0.333 e. The average Bonchev–Trinajstić information content (AvgIpc) is 2.67. The number of rotatable bonds is 4. The predicted octanol–water partition coefficient (Wildman–Crippen LogP) is 3.48. The van der Waals surface area contributed by atoms with Crippen LogP contribution in [0.3, 0.4) is 0 Å². The number of nitrogens with one attached hydrogen (secondary N) is 1. The van der Waals surface area contributed by atoms with E-state index in [4.69, 9.17) is 0 Å². The Balaban J connectivity index is 2.10. The first-order valence-corrected chi connectivity index (χ1v) is 5.48. The van der Waals surface area contributed by atoms with Gasteiger partial charge in [0.1, 0.15) is 11.6 Å². The van der Waals surface area contributed by atoms with Crippen molar-refractivity contribution in [3.63, 3.8) is 0 Å². The Morgan fingerprint density at radius 2 is 1.84 bits per heavy atom. The Hall–Kier alpha value is -2.05. The highest BCUT2D eigenvalue weighted by molar-refractivity contribution is 5.46. The number of alkyl halides is 2. The monoisotopic (exact) mass is 273 g/mol. The summed E-state index contributed by atoms with van der Waals surface area (Å²) >= 11 is 0. The van der Waals surface area contributed by atoms with Crippen molar-refractivity contribution >= 4 is 5.69 Å². The molecule has 7 heteroatoms. The summed E-state index contributed by atoms with van der Waals surface area (Å²) in [7, 11) is 0. The fourth-order valence-electron chi connectivity index (χ4n) is 1.67. The Bertz CT molecular complexity index is 560. The molecular formula is C12H11F4N3. The van der Waals surface area contributed by atoms with Crippen LogP contribution in [0.2, 0.25) is 0 Å². The van der Waals surface area contributed by atoms with E-state index in [0.717, 1.165) is 12.3 Å². The lowest BCUT2D eigenvalue weighted by molar-refractivity contribution is 0.0563. The van der Waals surface area contributed by atoms with Gasteiger partial charge in [-0.2, -0.15) is 13.9 Å². The van der Waals surface area contributed by atoms with Gasteiger partial charge in [0.15, 0.2) is 0 Å². The maximum atomic E-state index is 13.0. The van der Waals surface area contributed by atoms with Gasteiger partial charge in [-0.3, -0.25) is 0 Å². The highest BCUT2D eigenvalue weighted by Gasteiger charge is 2.11. The van der Waals surface area contributed by atoms with Gasteiger partial charge < -0.3 is 5.32 Å². The first-order chi connectivity index (χ1) is 8.95. The molecule has 102 valence electrons. The summed E-state index contributed by atoms with van der Waals surface area (Å²) in [4.78, 5) is 0. The van der Waals surface area contributed by atoms with Gasteiger partial charge in [-0.05, 0) is 24.6 Å². The molecule has 1 aromatic heterocycles. The van der Waals surface area contributed by atoms with Crippen LogP contribution in [0, 0.1) is 18.6 Å². The molecular weight excluding hydrogens is 262 g/mol. The number of aromatic nitrogens is 2. The number of nitrogens with zero attached hydrogens (tertiary/aromatic N) is 2. The molecule has 0 saturated heterocycles. The number of aryl methyl sites for hydroxylation is 1. The Morgan fingerprint density at radius 1 is 1.21 bits per heavy atom. The van der Waals surface area contributed by atoms with E-state index in [1.54, 1.807) is 6.92 Å². The highest BCUT2D eigenvalue weighted by atomic mass is 19.3. The maximum absolute atomic E-state index is 13.0. The van der Waals surface area contributed by atoms with E-state index in [9.17, 15) is 17.6 Å².